The average Bonchev–Trinajstić information content (AvgIpc) is 2.26. The van der Waals surface area contributed by atoms with Crippen LogP contribution in [0.4, 0.5) is 11.4 Å². The molecule has 5 heteroatoms. The van der Waals surface area contributed by atoms with Gasteiger partial charge in [0.05, 0.1) is 4.92 Å². The number of aryl methyl sites for hydroxylation is 2. The number of nitrogens with zero attached hydrogens (tertiary/aromatic N) is 1. The van der Waals surface area contributed by atoms with Gasteiger partial charge in [-0.2, -0.15) is 0 Å². The van der Waals surface area contributed by atoms with Gasteiger partial charge in [-0.1, -0.05) is 6.07 Å². The number of anilines is 1. The number of nitrogens with two attached hydrogens (primary N) is 1. The van der Waals surface area contributed by atoms with Crippen molar-refractivity contribution in [3.8, 4) is 11.5 Å². The van der Waals surface area contributed by atoms with Crippen LogP contribution in [0.5, 0.6) is 11.5 Å². The van der Waals surface area contributed by atoms with Gasteiger partial charge in [0.25, 0.3) is 5.69 Å². The molecule has 0 amide bonds. The van der Waals surface area contributed by atoms with E-state index in [1.807, 2.05) is 32.0 Å². The maximum absolute atomic E-state index is 10.7. The average molecular weight is 258 g/mol. The number of nitrogen functional groups attached to an aromatic ring is 1. The van der Waals surface area contributed by atoms with Crippen molar-refractivity contribution in [3.63, 3.8) is 0 Å². The van der Waals surface area contributed by atoms with Crippen molar-refractivity contribution >= 4 is 11.4 Å². The first-order chi connectivity index (χ1) is 8.95. The molecule has 2 aromatic carbocycles. The number of hydrogen-bond donors (Lipinski definition) is 1. The number of nitro groups is 1. The minimum Gasteiger partial charge on any atom is -0.457 e. The fourth-order valence-electron chi connectivity index (χ4n) is 1.89. The molecule has 0 saturated heterocycles. The summed E-state index contributed by atoms with van der Waals surface area (Å²) in [5.74, 6) is 1.17. The van der Waals surface area contributed by atoms with Gasteiger partial charge in [-0.25, -0.2) is 0 Å². The van der Waals surface area contributed by atoms with Crippen LogP contribution in [0.2, 0.25) is 0 Å². The van der Waals surface area contributed by atoms with E-state index in [0.717, 1.165) is 11.1 Å². The number of nitro benzene ring substituents is 1. The molecule has 0 aliphatic heterocycles. The maximum Gasteiger partial charge on any atom is 0.292 e. The SMILES string of the molecule is Cc1cc(C)cc(Oc2ccc([N+](=O)[O-])c(N)c2)c1. The molecule has 0 unspecified atom stereocenters. The van der Waals surface area contributed by atoms with Crippen LogP contribution in [0.15, 0.2) is 36.4 Å². The second-order valence-electron chi connectivity index (χ2n) is 4.40. The fourth-order valence-corrected chi connectivity index (χ4v) is 1.89. The van der Waals surface area contributed by atoms with Crippen molar-refractivity contribution < 1.29 is 9.66 Å². The Morgan fingerprint density at radius 3 is 2.21 bits per heavy atom. The Morgan fingerprint density at radius 2 is 1.68 bits per heavy atom. The molecular weight excluding hydrogens is 244 g/mol. The third kappa shape index (κ3) is 3.01. The predicted octanol–water partition coefficient (Wildman–Crippen LogP) is 3.59. The van der Waals surface area contributed by atoms with Gasteiger partial charge in [0.15, 0.2) is 0 Å². The van der Waals surface area contributed by atoms with E-state index in [-0.39, 0.29) is 11.4 Å². The molecule has 0 heterocycles. The smallest absolute Gasteiger partial charge is 0.292 e. The van der Waals surface area contributed by atoms with E-state index in [0.29, 0.717) is 11.5 Å². The Balaban J connectivity index is 2.28. The fraction of sp³-hybridized carbons (Fsp3) is 0.143. The first-order valence-electron chi connectivity index (χ1n) is 5.76. The zero-order valence-electron chi connectivity index (χ0n) is 10.7. The molecule has 2 N–H and O–H groups in total. The van der Waals surface area contributed by atoms with Crippen molar-refractivity contribution in [2.24, 2.45) is 0 Å². The minimum atomic E-state index is -0.518. The van der Waals surface area contributed by atoms with E-state index in [2.05, 4.69) is 0 Å². The van der Waals surface area contributed by atoms with Crippen LogP contribution in [0, 0.1) is 24.0 Å². The molecule has 0 radical (unpaired) electrons. The number of rotatable bonds is 3. The van der Waals surface area contributed by atoms with E-state index in [4.69, 9.17) is 10.5 Å². The van der Waals surface area contributed by atoms with Crippen molar-refractivity contribution in [1.29, 1.82) is 0 Å². The highest BCUT2D eigenvalue weighted by molar-refractivity contribution is 5.61. The molecule has 19 heavy (non-hydrogen) atoms. The van der Waals surface area contributed by atoms with Gasteiger partial charge < -0.3 is 10.5 Å². The molecule has 0 spiro atoms. The molecular formula is C14H14N2O3. The predicted molar refractivity (Wildman–Crippen MR) is 73.5 cm³/mol. The van der Waals surface area contributed by atoms with Gasteiger partial charge in [0.2, 0.25) is 0 Å². The Morgan fingerprint density at radius 1 is 1.05 bits per heavy atom. The molecule has 0 aliphatic rings. The molecule has 0 aromatic heterocycles. The Kier molecular flexibility index (Phi) is 3.37. The highest BCUT2D eigenvalue weighted by Gasteiger charge is 2.12. The van der Waals surface area contributed by atoms with E-state index >= 15 is 0 Å². The van der Waals surface area contributed by atoms with E-state index in [1.165, 1.54) is 18.2 Å². The second kappa shape index (κ2) is 4.97. The third-order valence-corrected chi connectivity index (χ3v) is 2.63. The van der Waals surface area contributed by atoms with Crippen molar-refractivity contribution in [2.75, 3.05) is 5.73 Å². The number of benzene rings is 2. The zero-order chi connectivity index (χ0) is 14.0. The molecule has 0 fully saturated rings. The summed E-state index contributed by atoms with van der Waals surface area (Å²) in [6, 6.07) is 10.2. The maximum atomic E-state index is 10.7. The highest BCUT2D eigenvalue weighted by atomic mass is 16.6. The first kappa shape index (κ1) is 12.9. The van der Waals surface area contributed by atoms with Crippen LogP contribution in [0.1, 0.15) is 11.1 Å². The topological polar surface area (TPSA) is 78.4 Å². The summed E-state index contributed by atoms with van der Waals surface area (Å²) in [6.07, 6.45) is 0. The summed E-state index contributed by atoms with van der Waals surface area (Å²) in [7, 11) is 0. The van der Waals surface area contributed by atoms with Gasteiger partial charge in [0.1, 0.15) is 17.2 Å². The molecule has 0 aliphatic carbocycles. The lowest BCUT2D eigenvalue weighted by Gasteiger charge is -2.08. The summed E-state index contributed by atoms with van der Waals surface area (Å²) in [5.41, 5.74) is 7.76. The highest BCUT2D eigenvalue weighted by Crippen LogP contribution is 2.29. The van der Waals surface area contributed by atoms with Crippen LogP contribution in [-0.4, -0.2) is 4.92 Å². The summed E-state index contributed by atoms with van der Waals surface area (Å²) >= 11 is 0. The molecule has 5 nitrogen and oxygen atoms in total. The monoisotopic (exact) mass is 258 g/mol. The second-order valence-corrected chi connectivity index (χ2v) is 4.40. The minimum absolute atomic E-state index is 0.0897. The van der Waals surface area contributed by atoms with Crippen LogP contribution >= 0.6 is 0 Å². The molecule has 0 atom stereocenters. The van der Waals surface area contributed by atoms with Gasteiger partial charge in [-0.05, 0) is 43.2 Å². The summed E-state index contributed by atoms with van der Waals surface area (Å²) in [4.78, 5) is 10.1. The standard InChI is InChI=1S/C14H14N2O3/c1-9-5-10(2)7-12(6-9)19-11-3-4-14(16(17)18)13(15)8-11/h3-8H,15H2,1-2H3. The van der Waals surface area contributed by atoms with Gasteiger partial charge in [-0.15, -0.1) is 0 Å². The third-order valence-electron chi connectivity index (χ3n) is 2.63. The Hall–Kier alpha value is -2.56. The lowest BCUT2D eigenvalue weighted by atomic mass is 10.1. The lowest BCUT2D eigenvalue weighted by Crippen LogP contribution is -1.96. The van der Waals surface area contributed by atoms with Gasteiger partial charge in [-0.3, -0.25) is 10.1 Å². The molecule has 2 aromatic rings. The van der Waals surface area contributed by atoms with Crippen LogP contribution in [0.25, 0.3) is 0 Å². The number of hydrogen-bond acceptors (Lipinski definition) is 4. The number of ether oxygens (including phenoxy) is 1. The quantitative estimate of drug-likeness (QED) is 0.518. The molecule has 0 saturated carbocycles. The van der Waals surface area contributed by atoms with E-state index in [1.54, 1.807) is 0 Å². The van der Waals surface area contributed by atoms with Gasteiger partial charge >= 0.3 is 0 Å². The van der Waals surface area contributed by atoms with Crippen molar-refractivity contribution in [3.05, 3.63) is 57.6 Å². The largest absolute Gasteiger partial charge is 0.457 e. The molecule has 98 valence electrons. The van der Waals surface area contributed by atoms with Crippen LogP contribution < -0.4 is 10.5 Å². The van der Waals surface area contributed by atoms with Crippen LogP contribution in [-0.2, 0) is 0 Å². The summed E-state index contributed by atoms with van der Waals surface area (Å²) in [6.45, 7) is 3.95. The van der Waals surface area contributed by atoms with E-state index < -0.39 is 4.92 Å². The first-order valence-corrected chi connectivity index (χ1v) is 5.76. The van der Waals surface area contributed by atoms with Crippen LogP contribution in [0.3, 0.4) is 0 Å². The van der Waals surface area contributed by atoms with Gasteiger partial charge in [0, 0.05) is 12.1 Å². The summed E-state index contributed by atoms with van der Waals surface area (Å²) < 4.78 is 5.65. The Bertz CT molecular complexity index is 618. The lowest BCUT2D eigenvalue weighted by molar-refractivity contribution is -0.383. The Labute approximate surface area is 110 Å². The van der Waals surface area contributed by atoms with Crippen molar-refractivity contribution in [1.82, 2.24) is 0 Å². The van der Waals surface area contributed by atoms with E-state index in [9.17, 15) is 10.1 Å². The molecule has 2 rings (SSSR count). The zero-order valence-corrected chi connectivity index (χ0v) is 10.7. The van der Waals surface area contributed by atoms with Crippen molar-refractivity contribution in [2.45, 2.75) is 13.8 Å². The normalized spacial score (nSPS) is 10.2. The molecule has 0 bridgehead atoms. The summed E-state index contributed by atoms with van der Waals surface area (Å²) in [5, 5.41) is 10.7.